The second-order valence-corrected chi connectivity index (χ2v) is 5.33. The van der Waals surface area contributed by atoms with E-state index in [1.54, 1.807) is 0 Å². The average molecular weight is 216 g/mol. The highest BCUT2D eigenvalue weighted by molar-refractivity contribution is 7.98. The minimum atomic E-state index is 0.530. The predicted molar refractivity (Wildman–Crippen MR) is 65.2 cm³/mol. The van der Waals surface area contributed by atoms with Crippen molar-refractivity contribution in [3.05, 3.63) is 0 Å². The summed E-state index contributed by atoms with van der Waals surface area (Å²) in [7, 11) is 0. The number of rotatable bonds is 5. The van der Waals surface area contributed by atoms with Gasteiger partial charge >= 0.3 is 0 Å². The summed E-state index contributed by atoms with van der Waals surface area (Å²) in [6, 6.07) is 0.530. The fourth-order valence-electron chi connectivity index (χ4n) is 2.50. The number of hydrazine groups is 1. The second-order valence-electron chi connectivity index (χ2n) is 4.42. The molecule has 0 amide bonds. The van der Waals surface area contributed by atoms with Gasteiger partial charge in [-0.25, -0.2) is 0 Å². The van der Waals surface area contributed by atoms with Gasteiger partial charge in [-0.1, -0.05) is 26.2 Å². The van der Waals surface area contributed by atoms with Crippen LogP contribution < -0.4 is 11.3 Å². The fourth-order valence-corrected chi connectivity index (χ4v) is 3.23. The van der Waals surface area contributed by atoms with Gasteiger partial charge in [0.1, 0.15) is 0 Å². The van der Waals surface area contributed by atoms with E-state index in [1.807, 2.05) is 11.8 Å². The van der Waals surface area contributed by atoms with Gasteiger partial charge < -0.3 is 0 Å². The molecule has 1 atom stereocenters. The zero-order chi connectivity index (χ0) is 10.4. The molecule has 0 bridgehead atoms. The van der Waals surface area contributed by atoms with Gasteiger partial charge in [-0.15, -0.1) is 0 Å². The van der Waals surface area contributed by atoms with Gasteiger partial charge in [-0.2, -0.15) is 11.8 Å². The van der Waals surface area contributed by atoms with Crippen molar-refractivity contribution in [2.75, 3.05) is 12.0 Å². The molecule has 1 aliphatic rings. The lowest BCUT2D eigenvalue weighted by molar-refractivity contribution is 0.229. The maximum atomic E-state index is 5.59. The Labute approximate surface area is 92.4 Å². The summed E-state index contributed by atoms with van der Waals surface area (Å²) in [5.74, 6) is 8.54. The van der Waals surface area contributed by atoms with Gasteiger partial charge in [0.2, 0.25) is 0 Å². The van der Waals surface area contributed by atoms with E-state index in [0.717, 1.165) is 17.6 Å². The van der Waals surface area contributed by atoms with Crippen LogP contribution in [0.1, 0.15) is 39.0 Å². The third-order valence-corrected chi connectivity index (χ3v) is 4.29. The minimum Gasteiger partial charge on any atom is -0.271 e. The van der Waals surface area contributed by atoms with E-state index in [1.165, 1.54) is 32.1 Å². The number of hydrogen-bond acceptors (Lipinski definition) is 3. The van der Waals surface area contributed by atoms with Crippen LogP contribution in [0.4, 0.5) is 0 Å². The predicted octanol–water partition coefficient (Wildman–Crippen LogP) is 2.40. The monoisotopic (exact) mass is 216 g/mol. The van der Waals surface area contributed by atoms with E-state index in [4.69, 9.17) is 5.84 Å². The largest absolute Gasteiger partial charge is 0.271 e. The molecule has 3 N–H and O–H groups in total. The lowest BCUT2D eigenvalue weighted by Gasteiger charge is -2.33. The summed E-state index contributed by atoms with van der Waals surface area (Å²) in [5, 5.41) is 0. The van der Waals surface area contributed by atoms with Gasteiger partial charge in [-0.05, 0) is 30.9 Å². The summed E-state index contributed by atoms with van der Waals surface area (Å²) in [5.41, 5.74) is 2.98. The molecule has 84 valence electrons. The zero-order valence-electron chi connectivity index (χ0n) is 9.46. The van der Waals surface area contributed by atoms with Crippen molar-refractivity contribution in [3.63, 3.8) is 0 Å². The summed E-state index contributed by atoms with van der Waals surface area (Å²) in [4.78, 5) is 0. The molecule has 2 nitrogen and oxygen atoms in total. The van der Waals surface area contributed by atoms with Crippen molar-refractivity contribution in [3.8, 4) is 0 Å². The Hall–Kier alpha value is 0.270. The highest BCUT2D eigenvalue weighted by Crippen LogP contribution is 2.32. The third-order valence-electron chi connectivity index (χ3n) is 3.60. The van der Waals surface area contributed by atoms with Crippen LogP contribution in [0.2, 0.25) is 0 Å². The maximum absolute atomic E-state index is 5.59. The number of nitrogens with one attached hydrogen (secondary N) is 1. The van der Waals surface area contributed by atoms with E-state index < -0.39 is 0 Å². The van der Waals surface area contributed by atoms with Gasteiger partial charge in [0, 0.05) is 11.8 Å². The summed E-state index contributed by atoms with van der Waals surface area (Å²) in [6.45, 7) is 2.31. The van der Waals surface area contributed by atoms with Gasteiger partial charge in [0.15, 0.2) is 0 Å². The maximum Gasteiger partial charge on any atom is 0.0329 e. The van der Waals surface area contributed by atoms with Crippen molar-refractivity contribution in [2.45, 2.75) is 45.1 Å². The molecular formula is C11H24N2S. The lowest BCUT2D eigenvalue weighted by atomic mass is 9.78. The molecule has 1 aliphatic carbocycles. The lowest BCUT2D eigenvalue weighted by Crippen LogP contribution is -2.43. The van der Waals surface area contributed by atoms with E-state index in [-0.39, 0.29) is 0 Å². The van der Waals surface area contributed by atoms with Crippen molar-refractivity contribution < 1.29 is 0 Å². The minimum absolute atomic E-state index is 0.530. The Kier molecular flexibility index (Phi) is 5.90. The zero-order valence-corrected chi connectivity index (χ0v) is 10.3. The Morgan fingerprint density at radius 3 is 2.43 bits per heavy atom. The molecule has 3 heteroatoms. The van der Waals surface area contributed by atoms with Crippen molar-refractivity contribution in [1.29, 1.82) is 0 Å². The molecule has 0 radical (unpaired) electrons. The number of nitrogens with two attached hydrogens (primary N) is 1. The van der Waals surface area contributed by atoms with E-state index in [0.29, 0.717) is 6.04 Å². The first-order chi connectivity index (χ1) is 6.81. The first kappa shape index (κ1) is 12.3. The average Bonchev–Trinajstić information content (AvgIpc) is 2.26. The van der Waals surface area contributed by atoms with Crippen LogP contribution in [0, 0.1) is 11.8 Å². The molecule has 0 heterocycles. The van der Waals surface area contributed by atoms with E-state index in [9.17, 15) is 0 Å². The highest BCUT2D eigenvalue weighted by atomic mass is 32.2. The Morgan fingerprint density at radius 1 is 1.36 bits per heavy atom. The molecule has 0 saturated heterocycles. The molecule has 14 heavy (non-hydrogen) atoms. The molecule has 1 saturated carbocycles. The fraction of sp³-hybridized carbons (Fsp3) is 1.00. The van der Waals surface area contributed by atoms with Crippen molar-refractivity contribution >= 4 is 11.8 Å². The van der Waals surface area contributed by atoms with Gasteiger partial charge in [0.05, 0.1) is 0 Å². The second kappa shape index (κ2) is 6.70. The van der Waals surface area contributed by atoms with Crippen molar-refractivity contribution in [1.82, 2.24) is 5.43 Å². The molecule has 0 aromatic heterocycles. The first-order valence-corrected chi connectivity index (χ1v) is 7.16. The quantitative estimate of drug-likeness (QED) is 0.547. The standard InChI is InChI=1S/C11H24N2S/c1-3-9-4-6-10(7-5-9)11(13-12)8-14-2/h9-11,13H,3-8,12H2,1-2H3. The van der Waals surface area contributed by atoms with Crippen LogP contribution in [-0.2, 0) is 0 Å². The Balaban J connectivity index is 2.31. The van der Waals surface area contributed by atoms with Crippen LogP contribution in [-0.4, -0.2) is 18.1 Å². The topological polar surface area (TPSA) is 38.0 Å². The highest BCUT2D eigenvalue weighted by Gasteiger charge is 2.25. The Bertz CT molecular complexity index is 144. The smallest absolute Gasteiger partial charge is 0.0329 e. The Morgan fingerprint density at radius 2 is 2.00 bits per heavy atom. The van der Waals surface area contributed by atoms with Crippen LogP contribution in [0.5, 0.6) is 0 Å². The molecular weight excluding hydrogens is 192 g/mol. The molecule has 0 aromatic carbocycles. The summed E-state index contributed by atoms with van der Waals surface area (Å²) in [6.07, 6.45) is 9.07. The SMILES string of the molecule is CCC1CCC(C(CSC)NN)CC1. The van der Waals surface area contributed by atoms with E-state index in [2.05, 4.69) is 18.6 Å². The van der Waals surface area contributed by atoms with Crippen LogP contribution in [0.25, 0.3) is 0 Å². The molecule has 0 aromatic rings. The summed E-state index contributed by atoms with van der Waals surface area (Å²) >= 11 is 1.89. The summed E-state index contributed by atoms with van der Waals surface area (Å²) < 4.78 is 0. The van der Waals surface area contributed by atoms with Crippen LogP contribution in [0.15, 0.2) is 0 Å². The van der Waals surface area contributed by atoms with Gasteiger partial charge in [0.25, 0.3) is 0 Å². The number of thioether (sulfide) groups is 1. The molecule has 1 rings (SSSR count). The molecule has 0 spiro atoms. The van der Waals surface area contributed by atoms with Crippen LogP contribution in [0.3, 0.4) is 0 Å². The molecule has 0 aliphatic heterocycles. The number of hydrogen-bond donors (Lipinski definition) is 2. The van der Waals surface area contributed by atoms with Crippen LogP contribution >= 0.6 is 11.8 Å². The third kappa shape index (κ3) is 3.44. The normalized spacial score (nSPS) is 30.2. The van der Waals surface area contributed by atoms with Crippen molar-refractivity contribution in [2.24, 2.45) is 17.7 Å². The molecule has 1 unspecified atom stereocenters. The molecule has 1 fully saturated rings. The van der Waals surface area contributed by atoms with E-state index >= 15 is 0 Å². The first-order valence-electron chi connectivity index (χ1n) is 5.76. The van der Waals surface area contributed by atoms with Gasteiger partial charge in [-0.3, -0.25) is 11.3 Å².